The predicted molar refractivity (Wildman–Crippen MR) is 104 cm³/mol. The SMILES string of the molecule is O=C(CN1CCC1)c1ccc(-c2ccc([C@H](O)[C@@H](CF)NC(=O)C(F)F)cc2)cn1. The molecule has 2 aromatic rings. The number of carbonyl (C=O) groups excluding carboxylic acids is 2. The zero-order valence-electron chi connectivity index (χ0n) is 16.1. The van der Waals surface area contributed by atoms with Crippen LogP contribution in [0, 0.1) is 0 Å². The zero-order chi connectivity index (χ0) is 21.7. The van der Waals surface area contributed by atoms with Crippen molar-refractivity contribution in [2.45, 2.75) is 25.0 Å². The van der Waals surface area contributed by atoms with E-state index < -0.39 is 31.2 Å². The van der Waals surface area contributed by atoms with Crippen molar-refractivity contribution < 1.29 is 27.9 Å². The largest absolute Gasteiger partial charge is 0.386 e. The van der Waals surface area contributed by atoms with E-state index in [2.05, 4.69) is 9.88 Å². The molecule has 160 valence electrons. The summed E-state index contributed by atoms with van der Waals surface area (Å²) in [6.45, 7) is 1.02. The van der Waals surface area contributed by atoms with Gasteiger partial charge in [0, 0.05) is 11.8 Å². The van der Waals surface area contributed by atoms with E-state index in [-0.39, 0.29) is 11.3 Å². The topological polar surface area (TPSA) is 82.5 Å². The molecule has 1 aromatic heterocycles. The first kappa shape index (κ1) is 21.9. The summed E-state index contributed by atoms with van der Waals surface area (Å²) in [5.74, 6) is -1.68. The maximum absolute atomic E-state index is 13.1. The lowest BCUT2D eigenvalue weighted by atomic mass is 9.99. The second-order valence-electron chi connectivity index (χ2n) is 7.12. The number of halogens is 3. The minimum Gasteiger partial charge on any atom is -0.386 e. The number of Topliss-reactive ketones (excluding diaryl/α,β-unsaturated/α-hetero) is 1. The van der Waals surface area contributed by atoms with Crippen LogP contribution in [0.4, 0.5) is 13.2 Å². The number of aliphatic hydroxyl groups is 1. The number of benzene rings is 1. The number of alkyl halides is 3. The van der Waals surface area contributed by atoms with Crippen LogP contribution in [0.5, 0.6) is 0 Å². The van der Waals surface area contributed by atoms with E-state index in [4.69, 9.17) is 0 Å². The highest BCUT2D eigenvalue weighted by molar-refractivity contribution is 5.96. The van der Waals surface area contributed by atoms with E-state index in [1.54, 1.807) is 35.8 Å². The van der Waals surface area contributed by atoms with Gasteiger partial charge in [-0.15, -0.1) is 0 Å². The lowest BCUT2D eigenvalue weighted by Gasteiger charge is -2.29. The summed E-state index contributed by atoms with van der Waals surface area (Å²) in [4.78, 5) is 29.5. The molecule has 1 aliphatic heterocycles. The number of likely N-dealkylation sites (tertiary alicyclic amines) is 1. The van der Waals surface area contributed by atoms with Gasteiger partial charge in [0.05, 0.1) is 12.6 Å². The number of hydrogen-bond acceptors (Lipinski definition) is 5. The van der Waals surface area contributed by atoms with Crippen LogP contribution >= 0.6 is 0 Å². The summed E-state index contributed by atoms with van der Waals surface area (Å²) in [5.41, 5.74) is 2.14. The van der Waals surface area contributed by atoms with E-state index in [0.717, 1.165) is 30.6 Å². The van der Waals surface area contributed by atoms with Gasteiger partial charge < -0.3 is 10.4 Å². The maximum Gasteiger partial charge on any atom is 0.315 e. The average molecular weight is 421 g/mol. The van der Waals surface area contributed by atoms with Crippen molar-refractivity contribution in [3.05, 3.63) is 53.9 Å². The van der Waals surface area contributed by atoms with Crippen LogP contribution in [0.2, 0.25) is 0 Å². The van der Waals surface area contributed by atoms with Crippen molar-refractivity contribution in [3.8, 4) is 11.1 Å². The Hall–Kier alpha value is -2.78. The van der Waals surface area contributed by atoms with Gasteiger partial charge in [0.15, 0.2) is 5.78 Å². The lowest BCUT2D eigenvalue weighted by Crippen LogP contribution is -2.43. The van der Waals surface area contributed by atoms with E-state index in [9.17, 15) is 27.9 Å². The Morgan fingerprint density at radius 1 is 1.10 bits per heavy atom. The van der Waals surface area contributed by atoms with Gasteiger partial charge in [0.25, 0.3) is 5.91 Å². The van der Waals surface area contributed by atoms with E-state index in [1.807, 2.05) is 0 Å². The first-order valence-electron chi connectivity index (χ1n) is 9.53. The number of rotatable bonds is 9. The van der Waals surface area contributed by atoms with Crippen LogP contribution in [0.3, 0.4) is 0 Å². The van der Waals surface area contributed by atoms with Crippen molar-refractivity contribution >= 4 is 11.7 Å². The Labute approximate surface area is 171 Å². The van der Waals surface area contributed by atoms with E-state index in [0.29, 0.717) is 12.2 Å². The number of ketones is 1. The summed E-state index contributed by atoms with van der Waals surface area (Å²) < 4.78 is 37.8. The van der Waals surface area contributed by atoms with Gasteiger partial charge >= 0.3 is 6.43 Å². The highest BCUT2D eigenvalue weighted by Gasteiger charge is 2.26. The highest BCUT2D eigenvalue weighted by Crippen LogP contribution is 2.24. The summed E-state index contributed by atoms with van der Waals surface area (Å²) in [5, 5.41) is 12.0. The summed E-state index contributed by atoms with van der Waals surface area (Å²) >= 11 is 0. The summed E-state index contributed by atoms with van der Waals surface area (Å²) in [6, 6.07) is 8.27. The van der Waals surface area contributed by atoms with Gasteiger partial charge in [0.2, 0.25) is 0 Å². The second kappa shape index (κ2) is 9.82. The molecule has 0 bridgehead atoms. The van der Waals surface area contributed by atoms with Crippen LogP contribution in [0.15, 0.2) is 42.6 Å². The number of pyridine rings is 1. The number of hydrogen-bond donors (Lipinski definition) is 2. The molecule has 0 aliphatic carbocycles. The fourth-order valence-corrected chi connectivity index (χ4v) is 3.11. The van der Waals surface area contributed by atoms with Crippen LogP contribution < -0.4 is 5.32 Å². The molecule has 2 atom stereocenters. The van der Waals surface area contributed by atoms with Gasteiger partial charge in [-0.25, -0.2) is 4.39 Å². The quantitative estimate of drug-likeness (QED) is 0.608. The van der Waals surface area contributed by atoms with Crippen LogP contribution in [-0.4, -0.2) is 65.5 Å². The van der Waals surface area contributed by atoms with Gasteiger partial charge in [-0.05, 0) is 36.7 Å². The van der Waals surface area contributed by atoms with Gasteiger partial charge in [-0.2, -0.15) is 8.78 Å². The summed E-state index contributed by atoms with van der Waals surface area (Å²) in [6.07, 6.45) is -2.09. The first-order chi connectivity index (χ1) is 14.4. The number of amides is 1. The Morgan fingerprint density at radius 3 is 2.27 bits per heavy atom. The monoisotopic (exact) mass is 421 g/mol. The minimum absolute atomic E-state index is 0.0390. The molecule has 2 N–H and O–H groups in total. The molecular formula is C21H22F3N3O3. The number of nitrogens with zero attached hydrogens (tertiary/aromatic N) is 2. The number of aliphatic hydroxyl groups excluding tert-OH is 1. The molecule has 1 fully saturated rings. The zero-order valence-corrected chi connectivity index (χ0v) is 16.1. The van der Waals surface area contributed by atoms with Crippen LogP contribution in [-0.2, 0) is 4.79 Å². The molecule has 1 amide bonds. The second-order valence-corrected chi connectivity index (χ2v) is 7.12. The number of nitrogens with one attached hydrogen (secondary N) is 1. The smallest absolute Gasteiger partial charge is 0.315 e. The molecule has 9 heteroatoms. The molecule has 0 saturated carbocycles. The molecular weight excluding hydrogens is 399 g/mol. The van der Waals surface area contributed by atoms with Crippen LogP contribution in [0.1, 0.15) is 28.6 Å². The van der Waals surface area contributed by atoms with Crippen LogP contribution in [0.25, 0.3) is 11.1 Å². The molecule has 1 saturated heterocycles. The summed E-state index contributed by atoms with van der Waals surface area (Å²) in [7, 11) is 0. The highest BCUT2D eigenvalue weighted by atomic mass is 19.3. The van der Waals surface area contributed by atoms with Crippen molar-refractivity contribution in [1.82, 2.24) is 15.2 Å². The first-order valence-corrected chi connectivity index (χ1v) is 9.53. The normalized spacial score (nSPS) is 16.0. The molecule has 30 heavy (non-hydrogen) atoms. The standard InChI is InChI=1S/C21H22F3N3O3/c22-10-17(26-21(30)20(23)24)19(29)14-4-2-13(3-5-14)15-6-7-16(25-11-15)18(28)12-27-8-1-9-27/h2-7,11,17,19-20,29H,1,8-10,12H2,(H,26,30)/t17-,19+/m1/s1. The molecule has 0 unspecified atom stereocenters. The Kier molecular flexibility index (Phi) is 7.17. The third-order valence-corrected chi connectivity index (χ3v) is 5.02. The third kappa shape index (κ3) is 5.22. The lowest BCUT2D eigenvalue weighted by molar-refractivity contribution is -0.133. The molecule has 3 rings (SSSR count). The molecule has 6 nitrogen and oxygen atoms in total. The molecule has 0 spiro atoms. The molecule has 2 heterocycles. The Balaban J connectivity index is 1.65. The van der Waals surface area contributed by atoms with Gasteiger partial charge in [0.1, 0.15) is 18.5 Å². The number of carbonyl (C=O) groups is 2. The van der Waals surface area contributed by atoms with Crippen molar-refractivity contribution in [2.75, 3.05) is 26.3 Å². The van der Waals surface area contributed by atoms with Crippen molar-refractivity contribution in [2.24, 2.45) is 0 Å². The van der Waals surface area contributed by atoms with E-state index in [1.165, 1.54) is 12.1 Å². The molecule has 0 radical (unpaired) electrons. The Bertz CT molecular complexity index is 871. The third-order valence-electron chi connectivity index (χ3n) is 5.02. The maximum atomic E-state index is 13.1. The Morgan fingerprint density at radius 2 is 1.77 bits per heavy atom. The average Bonchev–Trinajstić information content (AvgIpc) is 2.74. The van der Waals surface area contributed by atoms with Crippen molar-refractivity contribution in [1.29, 1.82) is 0 Å². The predicted octanol–water partition coefficient (Wildman–Crippen LogP) is 2.39. The fraction of sp³-hybridized carbons (Fsp3) is 0.381. The van der Waals surface area contributed by atoms with Gasteiger partial charge in [-0.1, -0.05) is 30.3 Å². The number of aromatic nitrogens is 1. The van der Waals surface area contributed by atoms with Crippen molar-refractivity contribution in [3.63, 3.8) is 0 Å². The minimum atomic E-state index is -3.29. The molecule has 1 aromatic carbocycles. The fourth-order valence-electron chi connectivity index (χ4n) is 3.11. The van der Waals surface area contributed by atoms with Gasteiger partial charge in [-0.3, -0.25) is 19.5 Å². The van der Waals surface area contributed by atoms with E-state index >= 15 is 0 Å². The molecule has 1 aliphatic rings.